The maximum Gasteiger partial charge on any atom is 0.229 e. The van der Waals surface area contributed by atoms with Crippen molar-refractivity contribution in [2.75, 3.05) is 19.5 Å². The molecule has 0 aliphatic heterocycles. The molecule has 1 saturated carbocycles. The first-order valence-corrected chi connectivity index (χ1v) is 6.45. The van der Waals surface area contributed by atoms with Crippen molar-refractivity contribution in [2.24, 2.45) is 5.92 Å². The van der Waals surface area contributed by atoms with Gasteiger partial charge in [-0.25, -0.2) is 0 Å². The van der Waals surface area contributed by atoms with E-state index < -0.39 is 0 Å². The highest BCUT2D eigenvalue weighted by atomic mass is 16.5. The molecular weight excluding hydrogens is 230 g/mol. The van der Waals surface area contributed by atoms with Gasteiger partial charge in [-0.2, -0.15) is 9.97 Å². The largest absolute Gasteiger partial charge is 0.481 e. The number of ether oxygens (including phenoxy) is 2. The third kappa shape index (κ3) is 3.24. The molecule has 1 aromatic heterocycles. The summed E-state index contributed by atoms with van der Waals surface area (Å²) in [5.41, 5.74) is 0. The Hall–Kier alpha value is -1.52. The van der Waals surface area contributed by atoms with Crippen molar-refractivity contribution in [3.05, 3.63) is 6.07 Å². The van der Waals surface area contributed by atoms with Gasteiger partial charge in [0.15, 0.2) is 0 Å². The minimum Gasteiger partial charge on any atom is -0.481 e. The zero-order valence-corrected chi connectivity index (χ0v) is 11.3. The van der Waals surface area contributed by atoms with E-state index in [9.17, 15) is 0 Å². The molecule has 1 heterocycles. The Morgan fingerprint density at radius 2 is 1.61 bits per heavy atom. The summed E-state index contributed by atoms with van der Waals surface area (Å²) in [6, 6.07) is 2.13. The second-order valence-electron chi connectivity index (χ2n) is 4.88. The standard InChI is InChI=1S/C13H21N3O2/c1-9-4-6-10(7-5-9)14-13-15-11(17-2)8-12(16-13)18-3/h8-10H,4-7H2,1-3H3,(H,14,15,16). The summed E-state index contributed by atoms with van der Waals surface area (Å²) in [5.74, 6) is 2.47. The van der Waals surface area contributed by atoms with E-state index in [0.29, 0.717) is 23.8 Å². The topological polar surface area (TPSA) is 56.3 Å². The number of nitrogens with zero attached hydrogens (tertiary/aromatic N) is 2. The first-order chi connectivity index (χ1) is 8.71. The minimum absolute atomic E-state index is 0.456. The first kappa shape index (κ1) is 12.9. The van der Waals surface area contributed by atoms with E-state index in [1.54, 1.807) is 20.3 Å². The summed E-state index contributed by atoms with van der Waals surface area (Å²) in [6.45, 7) is 2.31. The van der Waals surface area contributed by atoms with Gasteiger partial charge < -0.3 is 14.8 Å². The van der Waals surface area contributed by atoms with Gasteiger partial charge in [0, 0.05) is 6.04 Å². The van der Waals surface area contributed by atoms with Crippen molar-refractivity contribution in [1.82, 2.24) is 9.97 Å². The quantitative estimate of drug-likeness (QED) is 0.891. The minimum atomic E-state index is 0.456. The van der Waals surface area contributed by atoms with E-state index in [4.69, 9.17) is 9.47 Å². The zero-order chi connectivity index (χ0) is 13.0. The van der Waals surface area contributed by atoms with Crippen LogP contribution in [0, 0.1) is 5.92 Å². The van der Waals surface area contributed by atoms with E-state index in [1.807, 2.05) is 0 Å². The second kappa shape index (κ2) is 5.89. The molecular formula is C13H21N3O2. The van der Waals surface area contributed by atoms with Crippen LogP contribution in [0.25, 0.3) is 0 Å². The van der Waals surface area contributed by atoms with Crippen molar-refractivity contribution in [3.63, 3.8) is 0 Å². The molecule has 0 aromatic carbocycles. The number of aromatic nitrogens is 2. The molecule has 0 unspecified atom stereocenters. The molecule has 18 heavy (non-hydrogen) atoms. The van der Waals surface area contributed by atoms with Crippen LogP contribution in [0.3, 0.4) is 0 Å². The van der Waals surface area contributed by atoms with Gasteiger partial charge in [-0.1, -0.05) is 6.92 Å². The van der Waals surface area contributed by atoms with E-state index in [0.717, 1.165) is 5.92 Å². The maximum atomic E-state index is 5.13. The maximum absolute atomic E-state index is 5.13. The molecule has 1 fully saturated rings. The van der Waals surface area contributed by atoms with Crippen molar-refractivity contribution in [3.8, 4) is 11.8 Å². The van der Waals surface area contributed by atoms with Crippen LogP contribution in [0.4, 0.5) is 5.95 Å². The van der Waals surface area contributed by atoms with Gasteiger partial charge in [0.1, 0.15) is 0 Å². The van der Waals surface area contributed by atoms with Gasteiger partial charge in [0.2, 0.25) is 17.7 Å². The first-order valence-electron chi connectivity index (χ1n) is 6.45. The number of nitrogens with one attached hydrogen (secondary N) is 1. The Labute approximate surface area is 108 Å². The molecule has 0 radical (unpaired) electrons. The lowest BCUT2D eigenvalue weighted by atomic mass is 9.87. The average molecular weight is 251 g/mol. The predicted octanol–water partition coefficient (Wildman–Crippen LogP) is 2.48. The predicted molar refractivity (Wildman–Crippen MR) is 70.2 cm³/mol. The Kier molecular flexibility index (Phi) is 4.23. The number of hydrogen-bond acceptors (Lipinski definition) is 5. The molecule has 1 aromatic rings. The van der Waals surface area contributed by atoms with Crippen LogP contribution >= 0.6 is 0 Å². The third-order valence-electron chi connectivity index (χ3n) is 3.45. The molecule has 2 rings (SSSR count). The summed E-state index contributed by atoms with van der Waals surface area (Å²) in [6.07, 6.45) is 4.87. The monoisotopic (exact) mass is 251 g/mol. The Balaban J connectivity index is 2.03. The molecule has 5 nitrogen and oxygen atoms in total. The highest BCUT2D eigenvalue weighted by Crippen LogP contribution is 2.26. The van der Waals surface area contributed by atoms with Gasteiger partial charge in [-0.15, -0.1) is 0 Å². The number of anilines is 1. The SMILES string of the molecule is COc1cc(OC)nc(NC2CCC(C)CC2)n1. The summed E-state index contributed by atoms with van der Waals surface area (Å²) >= 11 is 0. The Bertz CT molecular complexity index is 368. The fourth-order valence-corrected chi connectivity index (χ4v) is 2.26. The molecule has 0 spiro atoms. The van der Waals surface area contributed by atoms with Crippen LogP contribution in [0.2, 0.25) is 0 Å². The second-order valence-corrected chi connectivity index (χ2v) is 4.88. The summed E-state index contributed by atoms with van der Waals surface area (Å²) in [5, 5.41) is 3.37. The number of rotatable bonds is 4. The summed E-state index contributed by atoms with van der Waals surface area (Å²) in [7, 11) is 3.18. The summed E-state index contributed by atoms with van der Waals surface area (Å²) in [4.78, 5) is 8.58. The lowest BCUT2D eigenvalue weighted by Gasteiger charge is -2.26. The fraction of sp³-hybridized carbons (Fsp3) is 0.692. The molecule has 100 valence electrons. The van der Waals surface area contributed by atoms with Gasteiger partial charge in [-0.05, 0) is 31.6 Å². The molecule has 1 aliphatic rings. The molecule has 0 atom stereocenters. The van der Waals surface area contributed by atoms with Crippen LogP contribution in [0.1, 0.15) is 32.6 Å². The van der Waals surface area contributed by atoms with Gasteiger partial charge in [0.05, 0.1) is 20.3 Å². The van der Waals surface area contributed by atoms with E-state index in [1.165, 1.54) is 25.7 Å². The van der Waals surface area contributed by atoms with Crippen LogP contribution in [0.5, 0.6) is 11.8 Å². The van der Waals surface area contributed by atoms with Crippen LogP contribution < -0.4 is 14.8 Å². The summed E-state index contributed by atoms with van der Waals surface area (Å²) < 4.78 is 10.3. The average Bonchev–Trinajstić information content (AvgIpc) is 2.41. The molecule has 5 heteroatoms. The number of hydrogen-bond donors (Lipinski definition) is 1. The van der Waals surface area contributed by atoms with Crippen molar-refractivity contribution < 1.29 is 9.47 Å². The normalized spacial score (nSPS) is 23.5. The fourth-order valence-electron chi connectivity index (χ4n) is 2.26. The molecule has 0 amide bonds. The molecule has 1 aliphatic carbocycles. The highest BCUT2D eigenvalue weighted by molar-refractivity contribution is 5.34. The molecule has 0 saturated heterocycles. The third-order valence-corrected chi connectivity index (χ3v) is 3.45. The van der Waals surface area contributed by atoms with Crippen molar-refractivity contribution in [2.45, 2.75) is 38.6 Å². The molecule has 0 bridgehead atoms. The van der Waals surface area contributed by atoms with Crippen LogP contribution in [-0.4, -0.2) is 30.2 Å². The van der Waals surface area contributed by atoms with E-state index in [2.05, 4.69) is 22.2 Å². The van der Waals surface area contributed by atoms with E-state index in [-0.39, 0.29) is 0 Å². The van der Waals surface area contributed by atoms with Crippen molar-refractivity contribution >= 4 is 5.95 Å². The van der Waals surface area contributed by atoms with Gasteiger partial charge in [0.25, 0.3) is 0 Å². The van der Waals surface area contributed by atoms with E-state index >= 15 is 0 Å². The zero-order valence-electron chi connectivity index (χ0n) is 11.3. The van der Waals surface area contributed by atoms with Crippen LogP contribution in [-0.2, 0) is 0 Å². The molecule has 1 N–H and O–H groups in total. The van der Waals surface area contributed by atoms with Gasteiger partial charge in [-0.3, -0.25) is 0 Å². The van der Waals surface area contributed by atoms with Gasteiger partial charge >= 0.3 is 0 Å². The lowest BCUT2D eigenvalue weighted by molar-refractivity contribution is 0.356. The van der Waals surface area contributed by atoms with Crippen LogP contribution in [0.15, 0.2) is 6.07 Å². The smallest absolute Gasteiger partial charge is 0.229 e. The number of methoxy groups -OCH3 is 2. The lowest BCUT2D eigenvalue weighted by Crippen LogP contribution is -2.26. The Morgan fingerprint density at radius 1 is 1.06 bits per heavy atom. The highest BCUT2D eigenvalue weighted by Gasteiger charge is 2.19. The van der Waals surface area contributed by atoms with Crippen molar-refractivity contribution in [1.29, 1.82) is 0 Å². The Morgan fingerprint density at radius 3 is 2.11 bits per heavy atom.